The molecule has 2 N–H and O–H groups in total. The number of carbonyl (C=O) groups excluding carboxylic acids is 2. The number of carbonyl (C=O) groups is 2. The van der Waals surface area contributed by atoms with Gasteiger partial charge in [0.25, 0.3) is 5.91 Å². The molecule has 4 rings (SSSR count). The summed E-state index contributed by atoms with van der Waals surface area (Å²) in [4.78, 5) is 30.6. The number of oxazole rings is 1. The fraction of sp³-hybridized carbons (Fsp3) is 0.250. The third-order valence-electron chi connectivity index (χ3n) is 4.76. The standard InChI is InChI=1S/C20H19FN4O3/c21-15-9-7-13(8-10-15)18(26)23-24-20(27)25-11-3-4-14(12-25)19-22-16-5-1-2-6-17(16)28-19/h1-2,5-10,14H,3-4,11-12H2,(H,23,26)(H,24,27). The summed E-state index contributed by atoms with van der Waals surface area (Å²) >= 11 is 0. The molecule has 2 aromatic carbocycles. The van der Waals surface area contributed by atoms with Crippen molar-refractivity contribution in [3.8, 4) is 0 Å². The van der Waals surface area contributed by atoms with Gasteiger partial charge in [-0.05, 0) is 49.2 Å². The number of hydrogen-bond donors (Lipinski definition) is 2. The lowest BCUT2D eigenvalue weighted by atomic mass is 9.98. The fourth-order valence-electron chi connectivity index (χ4n) is 3.29. The van der Waals surface area contributed by atoms with E-state index in [1.165, 1.54) is 24.3 Å². The van der Waals surface area contributed by atoms with E-state index in [1.807, 2.05) is 24.3 Å². The van der Waals surface area contributed by atoms with Gasteiger partial charge in [0.1, 0.15) is 11.3 Å². The van der Waals surface area contributed by atoms with Crippen LogP contribution in [0.1, 0.15) is 35.0 Å². The number of para-hydroxylation sites is 2. The maximum Gasteiger partial charge on any atom is 0.336 e. The zero-order chi connectivity index (χ0) is 19.5. The number of hydrogen-bond acceptors (Lipinski definition) is 4. The Bertz CT molecular complexity index is 969. The van der Waals surface area contributed by atoms with Crippen molar-refractivity contribution in [3.05, 3.63) is 65.8 Å². The summed E-state index contributed by atoms with van der Waals surface area (Å²) in [6.45, 7) is 1.03. The molecular weight excluding hydrogens is 363 g/mol. The minimum atomic E-state index is -0.513. The van der Waals surface area contributed by atoms with Crippen molar-refractivity contribution in [2.75, 3.05) is 13.1 Å². The molecule has 0 radical (unpaired) electrons. The Balaban J connectivity index is 1.36. The summed E-state index contributed by atoms with van der Waals surface area (Å²) in [5, 5.41) is 0. The maximum atomic E-state index is 12.9. The van der Waals surface area contributed by atoms with Gasteiger partial charge in [-0.25, -0.2) is 19.6 Å². The molecule has 8 heteroatoms. The molecule has 1 fully saturated rings. The van der Waals surface area contributed by atoms with Crippen LogP contribution in [0.3, 0.4) is 0 Å². The molecule has 0 saturated carbocycles. The van der Waals surface area contributed by atoms with Crippen molar-refractivity contribution in [2.45, 2.75) is 18.8 Å². The van der Waals surface area contributed by atoms with Crippen LogP contribution in [0.25, 0.3) is 11.1 Å². The van der Waals surface area contributed by atoms with Crippen LogP contribution in [0.15, 0.2) is 52.9 Å². The molecule has 0 bridgehead atoms. The van der Waals surface area contributed by atoms with Crippen molar-refractivity contribution in [2.24, 2.45) is 0 Å². The van der Waals surface area contributed by atoms with E-state index in [9.17, 15) is 14.0 Å². The zero-order valence-corrected chi connectivity index (χ0v) is 15.0. The molecular formula is C20H19FN4O3. The first-order valence-corrected chi connectivity index (χ1v) is 9.06. The number of nitrogens with zero attached hydrogens (tertiary/aromatic N) is 2. The van der Waals surface area contributed by atoms with Gasteiger partial charge in [0.05, 0.1) is 5.92 Å². The lowest BCUT2D eigenvalue weighted by Gasteiger charge is -2.31. The highest BCUT2D eigenvalue weighted by Crippen LogP contribution is 2.28. The second-order valence-corrected chi connectivity index (χ2v) is 6.70. The molecule has 1 saturated heterocycles. The van der Waals surface area contributed by atoms with Crippen LogP contribution in [-0.4, -0.2) is 34.9 Å². The third kappa shape index (κ3) is 3.80. The molecule has 7 nitrogen and oxygen atoms in total. The monoisotopic (exact) mass is 382 g/mol. The number of hydrazine groups is 1. The van der Waals surface area contributed by atoms with E-state index in [4.69, 9.17) is 4.42 Å². The highest BCUT2D eigenvalue weighted by atomic mass is 19.1. The Morgan fingerprint density at radius 3 is 2.68 bits per heavy atom. The number of urea groups is 1. The van der Waals surface area contributed by atoms with Crippen LogP contribution in [0, 0.1) is 5.82 Å². The van der Waals surface area contributed by atoms with Gasteiger partial charge < -0.3 is 9.32 Å². The Morgan fingerprint density at radius 1 is 1.11 bits per heavy atom. The largest absolute Gasteiger partial charge is 0.440 e. The molecule has 1 atom stereocenters. The van der Waals surface area contributed by atoms with Crippen LogP contribution in [-0.2, 0) is 0 Å². The Hall–Kier alpha value is -3.42. The van der Waals surface area contributed by atoms with Gasteiger partial charge in [-0.15, -0.1) is 0 Å². The molecule has 1 aliphatic heterocycles. The average Bonchev–Trinajstić information content (AvgIpc) is 3.17. The quantitative estimate of drug-likeness (QED) is 0.667. The highest BCUT2D eigenvalue weighted by Gasteiger charge is 2.28. The zero-order valence-electron chi connectivity index (χ0n) is 15.0. The number of rotatable bonds is 2. The first-order valence-electron chi connectivity index (χ1n) is 9.06. The topological polar surface area (TPSA) is 87.5 Å². The lowest BCUT2D eigenvalue weighted by molar-refractivity contribution is 0.0926. The lowest BCUT2D eigenvalue weighted by Crippen LogP contribution is -2.51. The van der Waals surface area contributed by atoms with Crippen LogP contribution < -0.4 is 10.9 Å². The third-order valence-corrected chi connectivity index (χ3v) is 4.76. The van der Waals surface area contributed by atoms with E-state index in [-0.39, 0.29) is 11.5 Å². The molecule has 1 aliphatic rings. The number of fused-ring (bicyclic) bond motifs is 1. The van der Waals surface area contributed by atoms with E-state index in [0.717, 1.165) is 23.9 Å². The van der Waals surface area contributed by atoms with Crippen LogP contribution in [0.2, 0.25) is 0 Å². The first kappa shape index (κ1) is 18.0. The van der Waals surface area contributed by atoms with E-state index in [2.05, 4.69) is 15.8 Å². The van der Waals surface area contributed by atoms with Crippen LogP contribution in [0.4, 0.5) is 9.18 Å². The van der Waals surface area contributed by atoms with Gasteiger partial charge in [0.2, 0.25) is 0 Å². The number of aromatic nitrogens is 1. The molecule has 1 aromatic heterocycles. The van der Waals surface area contributed by atoms with E-state index in [1.54, 1.807) is 4.90 Å². The summed E-state index contributed by atoms with van der Waals surface area (Å²) in [6, 6.07) is 12.2. The van der Waals surface area contributed by atoms with Crippen LogP contribution >= 0.6 is 0 Å². The molecule has 0 spiro atoms. The SMILES string of the molecule is O=C(NNC(=O)N1CCCC(c2nc3ccccc3o2)C1)c1ccc(F)cc1. The number of nitrogens with one attached hydrogen (secondary N) is 2. The van der Waals surface area contributed by atoms with Crippen molar-refractivity contribution >= 4 is 23.0 Å². The van der Waals surface area contributed by atoms with Gasteiger partial charge in [-0.3, -0.25) is 10.2 Å². The van der Waals surface area contributed by atoms with Crippen molar-refractivity contribution in [1.82, 2.24) is 20.7 Å². The number of halogens is 1. The maximum absolute atomic E-state index is 12.9. The summed E-state index contributed by atoms with van der Waals surface area (Å²) in [6.07, 6.45) is 1.68. The summed E-state index contributed by atoms with van der Waals surface area (Å²) in [5.74, 6) is -0.325. The number of piperidine rings is 1. The normalized spacial score (nSPS) is 16.8. The number of amides is 3. The summed E-state index contributed by atoms with van der Waals surface area (Å²) in [7, 11) is 0. The molecule has 3 aromatic rings. The predicted octanol–water partition coefficient (Wildman–Crippen LogP) is 3.20. The molecule has 1 unspecified atom stereocenters. The minimum Gasteiger partial charge on any atom is -0.440 e. The number of likely N-dealkylation sites (tertiary alicyclic amines) is 1. The van der Waals surface area contributed by atoms with Crippen molar-refractivity contribution < 1.29 is 18.4 Å². The first-order chi connectivity index (χ1) is 13.6. The second kappa shape index (κ2) is 7.67. The van der Waals surface area contributed by atoms with E-state index in [0.29, 0.717) is 19.0 Å². The fourth-order valence-corrected chi connectivity index (χ4v) is 3.29. The van der Waals surface area contributed by atoms with E-state index >= 15 is 0 Å². The predicted molar refractivity (Wildman–Crippen MR) is 100.0 cm³/mol. The Kier molecular flexibility index (Phi) is 4.92. The number of benzene rings is 2. The molecule has 0 aliphatic carbocycles. The molecule has 28 heavy (non-hydrogen) atoms. The molecule has 144 valence electrons. The van der Waals surface area contributed by atoms with Crippen molar-refractivity contribution in [3.63, 3.8) is 0 Å². The van der Waals surface area contributed by atoms with Gasteiger partial charge in [0, 0.05) is 18.7 Å². The molecule has 2 heterocycles. The van der Waals surface area contributed by atoms with Gasteiger partial charge in [0.15, 0.2) is 11.5 Å². The highest BCUT2D eigenvalue weighted by molar-refractivity contribution is 5.95. The minimum absolute atomic E-state index is 0.000278. The van der Waals surface area contributed by atoms with Gasteiger partial charge in [-0.2, -0.15) is 0 Å². The van der Waals surface area contributed by atoms with Gasteiger partial charge in [-0.1, -0.05) is 12.1 Å². The smallest absolute Gasteiger partial charge is 0.336 e. The summed E-state index contributed by atoms with van der Waals surface area (Å²) in [5.41, 5.74) is 6.54. The van der Waals surface area contributed by atoms with E-state index < -0.39 is 17.8 Å². The van der Waals surface area contributed by atoms with Gasteiger partial charge >= 0.3 is 6.03 Å². The summed E-state index contributed by atoms with van der Waals surface area (Å²) < 4.78 is 18.8. The Labute approximate surface area is 160 Å². The van der Waals surface area contributed by atoms with Crippen LogP contribution in [0.5, 0.6) is 0 Å². The second-order valence-electron chi connectivity index (χ2n) is 6.70. The average molecular weight is 382 g/mol. The molecule has 3 amide bonds. The Morgan fingerprint density at radius 2 is 1.89 bits per heavy atom. The van der Waals surface area contributed by atoms with Crippen molar-refractivity contribution in [1.29, 1.82) is 0 Å².